The van der Waals surface area contributed by atoms with E-state index in [1.54, 1.807) is 6.07 Å². The molecule has 4 heteroatoms. The van der Waals surface area contributed by atoms with Gasteiger partial charge in [0.1, 0.15) is 11.9 Å². The molecule has 1 aromatic heterocycles. The molecule has 1 saturated carbocycles. The van der Waals surface area contributed by atoms with Crippen molar-refractivity contribution in [3.8, 4) is 6.07 Å². The van der Waals surface area contributed by atoms with E-state index in [1.165, 1.54) is 38.5 Å². The first kappa shape index (κ1) is 12.7. The van der Waals surface area contributed by atoms with Gasteiger partial charge in [-0.15, -0.1) is 0 Å². The second kappa shape index (κ2) is 5.72. The molecule has 96 valence electrons. The number of anilines is 2. The summed E-state index contributed by atoms with van der Waals surface area (Å²) in [6.07, 6.45) is 7.67. The molecular weight excluding hydrogens is 224 g/mol. The highest BCUT2D eigenvalue weighted by Crippen LogP contribution is 2.25. The Morgan fingerprint density at radius 2 is 1.94 bits per heavy atom. The van der Waals surface area contributed by atoms with Crippen molar-refractivity contribution in [2.24, 2.45) is 0 Å². The number of pyridine rings is 1. The average Bonchev–Trinajstić information content (AvgIpc) is 2.67. The fourth-order valence-corrected chi connectivity index (χ4v) is 2.58. The number of nitrogens with two attached hydrogens (primary N) is 1. The summed E-state index contributed by atoms with van der Waals surface area (Å²) in [6.45, 7) is 0. The number of nitrogen functional groups attached to an aromatic ring is 1. The lowest BCUT2D eigenvalue weighted by Gasteiger charge is -2.28. The summed E-state index contributed by atoms with van der Waals surface area (Å²) in [5, 5.41) is 8.97. The van der Waals surface area contributed by atoms with E-state index in [1.807, 2.05) is 12.1 Å². The van der Waals surface area contributed by atoms with Crippen LogP contribution in [0, 0.1) is 11.3 Å². The van der Waals surface area contributed by atoms with Crippen LogP contribution >= 0.6 is 0 Å². The third kappa shape index (κ3) is 2.73. The maximum Gasteiger partial charge on any atom is 0.165 e. The van der Waals surface area contributed by atoms with E-state index in [9.17, 15) is 0 Å². The summed E-state index contributed by atoms with van der Waals surface area (Å²) in [4.78, 5) is 6.54. The zero-order valence-electron chi connectivity index (χ0n) is 10.9. The largest absolute Gasteiger partial charge is 0.396 e. The zero-order chi connectivity index (χ0) is 13.0. The van der Waals surface area contributed by atoms with Crippen molar-refractivity contribution in [3.05, 3.63) is 17.8 Å². The summed E-state index contributed by atoms with van der Waals surface area (Å²) < 4.78 is 0. The van der Waals surface area contributed by atoms with Crippen LogP contribution in [-0.2, 0) is 0 Å². The third-order valence-corrected chi connectivity index (χ3v) is 3.75. The van der Waals surface area contributed by atoms with E-state index in [0.717, 1.165) is 5.82 Å². The Labute approximate surface area is 108 Å². The SMILES string of the molecule is CN(c1ccc(N)c(C#N)n1)C1CCCCCC1. The topological polar surface area (TPSA) is 65.9 Å². The number of hydrogen-bond donors (Lipinski definition) is 1. The Bertz CT molecular complexity index is 442. The lowest BCUT2D eigenvalue weighted by Crippen LogP contribution is -2.31. The molecule has 0 amide bonds. The lowest BCUT2D eigenvalue weighted by molar-refractivity contribution is 0.549. The zero-order valence-corrected chi connectivity index (χ0v) is 10.9. The van der Waals surface area contributed by atoms with E-state index >= 15 is 0 Å². The third-order valence-electron chi connectivity index (χ3n) is 3.75. The molecule has 0 atom stereocenters. The smallest absolute Gasteiger partial charge is 0.165 e. The molecule has 0 saturated heterocycles. The van der Waals surface area contributed by atoms with Gasteiger partial charge in [0.15, 0.2) is 5.69 Å². The van der Waals surface area contributed by atoms with Gasteiger partial charge in [-0.25, -0.2) is 4.98 Å². The van der Waals surface area contributed by atoms with E-state index in [-0.39, 0.29) is 0 Å². The minimum absolute atomic E-state index is 0.327. The van der Waals surface area contributed by atoms with Crippen LogP contribution in [0.25, 0.3) is 0 Å². The van der Waals surface area contributed by atoms with Gasteiger partial charge in [-0.05, 0) is 25.0 Å². The summed E-state index contributed by atoms with van der Waals surface area (Å²) >= 11 is 0. The van der Waals surface area contributed by atoms with Gasteiger partial charge in [0.05, 0.1) is 5.69 Å². The highest BCUT2D eigenvalue weighted by atomic mass is 15.2. The van der Waals surface area contributed by atoms with Crippen molar-refractivity contribution in [1.29, 1.82) is 5.26 Å². The molecule has 2 rings (SSSR count). The van der Waals surface area contributed by atoms with E-state index in [0.29, 0.717) is 17.4 Å². The molecule has 0 aromatic carbocycles. The molecule has 1 aliphatic carbocycles. The normalized spacial score (nSPS) is 16.9. The predicted molar refractivity (Wildman–Crippen MR) is 73.3 cm³/mol. The van der Waals surface area contributed by atoms with Crippen LogP contribution < -0.4 is 10.6 Å². The molecular formula is C14H20N4. The van der Waals surface area contributed by atoms with Gasteiger partial charge in [0, 0.05) is 13.1 Å². The molecule has 0 aliphatic heterocycles. The fourth-order valence-electron chi connectivity index (χ4n) is 2.58. The predicted octanol–water partition coefficient (Wildman–Crippen LogP) is 2.69. The number of nitriles is 1. The average molecular weight is 244 g/mol. The van der Waals surface area contributed by atoms with Crippen LogP contribution in [0.4, 0.5) is 11.5 Å². The quantitative estimate of drug-likeness (QED) is 0.812. The Balaban J connectivity index is 2.17. The highest BCUT2D eigenvalue weighted by Gasteiger charge is 2.18. The first-order valence-corrected chi connectivity index (χ1v) is 6.62. The summed E-state index contributed by atoms with van der Waals surface area (Å²) in [6, 6.07) is 6.26. The number of nitrogens with zero attached hydrogens (tertiary/aromatic N) is 3. The molecule has 0 spiro atoms. The molecule has 1 aromatic rings. The monoisotopic (exact) mass is 244 g/mol. The van der Waals surface area contributed by atoms with Gasteiger partial charge in [0.25, 0.3) is 0 Å². The standard InChI is InChI=1S/C14H20N4/c1-18(11-6-4-2-3-5-7-11)14-9-8-12(16)13(10-15)17-14/h8-9,11H,2-7,16H2,1H3. The Kier molecular flexibility index (Phi) is 4.03. The first-order valence-electron chi connectivity index (χ1n) is 6.62. The molecule has 1 heterocycles. The summed E-state index contributed by atoms with van der Waals surface area (Å²) in [5.74, 6) is 0.854. The number of aromatic nitrogens is 1. The second-order valence-corrected chi connectivity index (χ2v) is 4.98. The van der Waals surface area contributed by atoms with Gasteiger partial charge in [-0.3, -0.25) is 0 Å². The van der Waals surface area contributed by atoms with Gasteiger partial charge in [0.2, 0.25) is 0 Å². The second-order valence-electron chi connectivity index (χ2n) is 4.98. The summed E-state index contributed by atoms with van der Waals surface area (Å²) in [5.41, 5.74) is 6.48. The minimum Gasteiger partial charge on any atom is -0.396 e. The molecule has 4 nitrogen and oxygen atoms in total. The van der Waals surface area contributed by atoms with E-state index in [4.69, 9.17) is 11.0 Å². The van der Waals surface area contributed by atoms with E-state index < -0.39 is 0 Å². The fraction of sp³-hybridized carbons (Fsp3) is 0.571. The van der Waals surface area contributed by atoms with Crippen LogP contribution in [0.1, 0.15) is 44.2 Å². The maximum absolute atomic E-state index is 8.97. The van der Waals surface area contributed by atoms with Crippen molar-refractivity contribution in [2.45, 2.75) is 44.6 Å². The number of hydrogen-bond acceptors (Lipinski definition) is 4. The molecule has 18 heavy (non-hydrogen) atoms. The van der Waals surface area contributed by atoms with Gasteiger partial charge in [-0.1, -0.05) is 25.7 Å². The van der Waals surface area contributed by atoms with Crippen molar-refractivity contribution < 1.29 is 0 Å². The van der Waals surface area contributed by atoms with Crippen LogP contribution in [0.15, 0.2) is 12.1 Å². The maximum atomic E-state index is 8.97. The molecule has 0 unspecified atom stereocenters. The summed E-state index contributed by atoms with van der Waals surface area (Å²) in [7, 11) is 2.07. The van der Waals surface area contributed by atoms with Crippen LogP contribution in [0.2, 0.25) is 0 Å². The highest BCUT2D eigenvalue weighted by molar-refractivity contribution is 5.55. The first-order chi connectivity index (χ1) is 8.72. The van der Waals surface area contributed by atoms with E-state index in [2.05, 4.69) is 16.9 Å². The molecule has 0 bridgehead atoms. The molecule has 1 fully saturated rings. The van der Waals surface area contributed by atoms with Crippen molar-refractivity contribution in [1.82, 2.24) is 4.98 Å². The Morgan fingerprint density at radius 3 is 2.56 bits per heavy atom. The van der Waals surface area contributed by atoms with Crippen molar-refractivity contribution >= 4 is 11.5 Å². The Morgan fingerprint density at radius 1 is 1.28 bits per heavy atom. The molecule has 2 N–H and O–H groups in total. The number of rotatable bonds is 2. The van der Waals surface area contributed by atoms with Crippen molar-refractivity contribution in [2.75, 3.05) is 17.7 Å². The van der Waals surface area contributed by atoms with Gasteiger partial charge >= 0.3 is 0 Å². The van der Waals surface area contributed by atoms with Gasteiger partial charge < -0.3 is 10.6 Å². The molecule has 0 radical (unpaired) electrons. The van der Waals surface area contributed by atoms with Gasteiger partial charge in [-0.2, -0.15) is 5.26 Å². The van der Waals surface area contributed by atoms with Crippen LogP contribution in [-0.4, -0.2) is 18.1 Å². The Hall–Kier alpha value is -1.76. The molecule has 1 aliphatic rings. The van der Waals surface area contributed by atoms with Crippen LogP contribution in [0.3, 0.4) is 0 Å². The van der Waals surface area contributed by atoms with Crippen molar-refractivity contribution in [3.63, 3.8) is 0 Å². The van der Waals surface area contributed by atoms with Crippen LogP contribution in [0.5, 0.6) is 0 Å². The lowest BCUT2D eigenvalue weighted by atomic mass is 10.1. The minimum atomic E-state index is 0.327.